The van der Waals surface area contributed by atoms with Crippen molar-refractivity contribution in [3.63, 3.8) is 0 Å². The summed E-state index contributed by atoms with van der Waals surface area (Å²) in [4.78, 5) is 33.1. The van der Waals surface area contributed by atoms with Crippen molar-refractivity contribution >= 4 is 17.8 Å². The zero-order valence-corrected chi connectivity index (χ0v) is 9.49. The van der Waals surface area contributed by atoms with Crippen molar-refractivity contribution in [1.82, 2.24) is 10.2 Å². The van der Waals surface area contributed by atoms with Gasteiger partial charge in [-0.05, 0) is 13.3 Å². The molecule has 90 valence electrons. The Kier molecular flexibility index (Phi) is 4.28. The molecule has 0 aromatic rings. The molecule has 1 N–H and O–H groups in total. The Bertz CT molecular complexity index is 303. The van der Waals surface area contributed by atoms with E-state index in [1.807, 2.05) is 0 Å². The van der Waals surface area contributed by atoms with E-state index in [0.29, 0.717) is 13.0 Å². The quantitative estimate of drug-likeness (QED) is 0.621. The molecule has 16 heavy (non-hydrogen) atoms. The highest BCUT2D eigenvalue weighted by Gasteiger charge is 2.37. The molecule has 2 saturated heterocycles. The van der Waals surface area contributed by atoms with Gasteiger partial charge < -0.3 is 15.0 Å². The van der Waals surface area contributed by atoms with Gasteiger partial charge in [0.1, 0.15) is 12.7 Å². The number of hydrogen-bond acceptors (Lipinski definition) is 4. The van der Waals surface area contributed by atoms with E-state index in [0.717, 1.165) is 6.42 Å². The monoisotopic (exact) mass is 228 g/mol. The van der Waals surface area contributed by atoms with Crippen molar-refractivity contribution in [1.29, 1.82) is 0 Å². The van der Waals surface area contributed by atoms with Crippen molar-refractivity contribution in [3.05, 3.63) is 0 Å². The van der Waals surface area contributed by atoms with Crippen molar-refractivity contribution in [3.8, 4) is 0 Å². The van der Waals surface area contributed by atoms with Crippen LogP contribution in [0.3, 0.4) is 0 Å². The number of ether oxygens (including phenoxy) is 1. The summed E-state index contributed by atoms with van der Waals surface area (Å²) in [6.07, 6.45) is 1.38. The lowest BCUT2D eigenvalue weighted by Gasteiger charge is -2.11. The van der Waals surface area contributed by atoms with Gasteiger partial charge in [0, 0.05) is 13.3 Å². The molecule has 2 amide bonds. The molecule has 2 heterocycles. The molecule has 2 fully saturated rings. The van der Waals surface area contributed by atoms with Gasteiger partial charge in [0.15, 0.2) is 0 Å². The van der Waals surface area contributed by atoms with E-state index in [2.05, 4.69) is 10.1 Å². The SMILES string of the molecule is CCOC(C)=O.O=C1CN2C(=O)CCC2N1. The largest absolute Gasteiger partial charge is 0.466 e. The van der Waals surface area contributed by atoms with Crippen LogP contribution in [-0.2, 0) is 19.1 Å². The molecule has 6 nitrogen and oxygen atoms in total. The molecular weight excluding hydrogens is 212 g/mol. The highest BCUT2D eigenvalue weighted by atomic mass is 16.5. The zero-order chi connectivity index (χ0) is 12.1. The summed E-state index contributed by atoms with van der Waals surface area (Å²) in [6, 6.07) is 0. The van der Waals surface area contributed by atoms with Gasteiger partial charge in [-0.3, -0.25) is 14.4 Å². The number of amides is 2. The lowest BCUT2D eigenvalue weighted by Crippen LogP contribution is -2.31. The van der Waals surface area contributed by atoms with Crippen molar-refractivity contribution in [2.45, 2.75) is 32.9 Å². The molecule has 6 heteroatoms. The molecular formula is C10H16N2O4. The van der Waals surface area contributed by atoms with Crippen LogP contribution in [0.1, 0.15) is 26.7 Å². The number of fused-ring (bicyclic) bond motifs is 1. The summed E-state index contributed by atoms with van der Waals surface area (Å²) in [7, 11) is 0. The number of esters is 1. The molecule has 0 aromatic carbocycles. The van der Waals surface area contributed by atoms with Gasteiger partial charge in [-0.2, -0.15) is 0 Å². The van der Waals surface area contributed by atoms with E-state index >= 15 is 0 Å². The van der Waals surface area contributed by atoms with Gasteiger partial charge >= 0.3 is 5.97 Å². The Hall–Kier alpha value is -1.59. The third-order valence-corrected chi connectivity index (χ3v) is 2.32. The predicted molar refractivity (Wildman–Crippen MR) is 55.2 cm³/mol. The third kappa shape index (κ3) is 3.22. The molecule has 0 aromatic heterocycles. The standard InChI is InChI=1S/C6H8N2O2.C4H8O2/c9-5-3-8-4(7-5)1-2-6(8)10;1-3-6-4(2)5/h4H,1-3H2,(H,7,9);3H2,1-2H3. The minimum absolute atomic E-state index is 0.0139. The Morgan fingerprint density at radius 2 is 2.25 bits per heavy atom. The Morgan fingerprint density at radius 1 is 1.56 bits per heavy atom. The molecule has 2 aliphatic heterocycles. The summed E-state index contributed by atoms with van der Waals surface area (Å²) in [5.74, 6) is -0.140. The lowest BCUT2D eigenvalue weighted by atomic mass is 10.3. The number of carbonyl (C=O) groups is 3. The number of hydrogen-bond donors (Lipinski definition) is 1. The fourth-order valence-corrected chi connectivity index (χ4v) is 1.67. The molecule has 0 bridgehead atoms. The molecule has 2 rings (SSSR count). The average Bonchev–Trinajstić information content (AvgIpc) is 2.69. The van der Waals surface area contributed by atoms with Gasteiger partial charge in [0.25, 0.3) is 0 Å². The Morgan fingerprint density at radius 3 is 2.69 bits per heavy atom. The van der Waals surface area contributed by atoms with Crippen LogP contribution in [0, 0.1) is 0 Å². The second-order valence-electron chi connectivity index (χ2n) is 3.57. The van der Waals surface area contributed by atoms with Crippen LogP contribution < -0.4 is 5.32 Å². The van der Waals surface area contributed by atoms with E-state index in [4.69, 9.17) is 0 Å². The third-order valence-electron chi connectivity index (χ3n) is 2.32. The zero-order valence-electron chi connectivity index (χ0n) is 9.49. The summed E-state index contributed by atoms with van der Waals surface area (Å²) >= 11 is 0. The highest BCUT2D eigenvalue weighted by molar-refractivity contribution is 5.90. The van der Waals surface area contributed by atoms with E-state index in [1.165, 1.54) is 6.92 Å². The van der Waals surface area contributed by atoms with Crippen LogP contribution in [0.4, 0.5) is 0 Å². The number of carbonyl (C=O) groups excluding carboxylic acids is 3. The fraction of sp³-hybridized carbons (Fsp3) is 0.700. The minimum atomic E-state index is -0.211. The molecule has 0 saturated carbocycles. The average molecular weight is 228 g/mol. The second-order valence-corrected chi connectivity index (χ2v) is 3.57. The minimum Gasteiger partial charge on any atom is -0.466 e. The van der Waals surface area contributed by atoms with E-state index in [-0.39, 0.29) is 30.5 Å². The first-order valence-corrected chi connectivity index (χ1v) is 5.26. The van der Waals surface area contributed by atoms with Gasteiger partial charge in [0.2, 0.25) is 11.8 Å². The second kappa shape index (κ2) is 5.48. The maximum absolute atomic E-state index is 10.9. The van der Waals surface area contributed by atoms with Gasteiger partial charge in [-0.1, -0.05) is 0 Å². The normalized spacial score (nSPS) is 22.1. The highest BCUT2D eigenvalue weighted by Crippen LogP contribution is 2.19. The van der Waals surface area contributed by atoms with E-state index < -0.39 is 0 Å². The van der Waals surface area contributed by atoms with Gasteiger partial charge in [-0.15, -0.1) is 0 Å². The summed E-state index contributed by atoms with van der Waals surface area (Å²) in [5.41, 5.74) is 0. The van der Waals surface area contributed by atoms with Crippen LogP contribution in [-0.4, -0.2) is 42.0 Å². The summed E-state index contributed by atoms with van der Waals surface area (Å²) < 4.78 is 4.40. The first-order valence-electron chi connectivity index (χ1n) is 5.26. The van der Waals surface area contributed by atoms with E-state index in [9.17, 15) is 14.4 Å². The van der Waals surface area contributed by atoms with Crippen LogP contribution in [0.25, 0.3) is 0 Å². The van der Waals surface area contributed by atoms with Crippen molar-refractivity contribution in [2.75, 3.05) is 13.2 Å². The van der Waals surface area contributed by atoms with Crippen molar-refractivity contribution in [2.24, 2.45) is 0 Å². The number of rotatable bonds is 1. The summed E-state index contributed by atoms with van der Waals surface area (Å²) in [6.45, 7) is 3.92. The topological polar surface area (TPSA) is 75.7 Å². The first kappa shape index (κ1) is 12.5. The fourth-order valence-electron chi connectivity index (χ4n) is 1.67. The molecule has 0 aliphatic carbocycles. The molecule has 1 atom stereocenters. The maximum Gasteiger partial charge on any atom is 0.302 e. The first-order chi connectivity index (χ1) is 7.54. The Balaban J connectivity index is 0.000000187. The molecule has 2 aliphatic rings. The number of nitrogens with one attached hydrogen (secondary N) is 1. The van der Waals surface area contributed by atoms with E-state index in [1.54, 1.807) is 11.8 Å². The smallest absolute Gasteiger partial charge is 0.302 e. The van der Waals surface area contributed by atoms with Gasteiger partial charge in [0.05, 0.1) is 6.61 Å². The van der Waals surface area contributed by atoms with Crippen LogP contribution in [0.2, 0.25) is 0 Å². The number of nitrogens with zero attached hydrogens (tertiary/aromatic N) is 1. The molecule has 0 radical (unpaired) electrons. The lowest BCUT2D eigenvalue weighted by molar-refractivity contribution is -0.140. The predicted octanol–water partition coefficient (Wildman–Crippen LogP) is -0.366. The molecule has 0 spiro atoms. The molecule has 1 unspecified atom stereocenters. The Labute approximate surface area is 93.9 Å². The van der Waals surface area contributed by atoms with Crippen LogP contribution >= 0.6 is 0 Å². The van der Waals surface area contributed by atoms with Gasteiger partial charge in [-0.25, -0.2) is 0 Å². The van der Waals surface area contributed by atoms with Crippen molar-refractivity contribution < 1.29 is 19.1 Å². The maximum atomic E-state index is 10.9. The van der Waals surface area contributed by atoms with Crippen LogP contribution in [0.5, 0.6) is 0 Å². The summed E-state index contributed by atoms with van der Waals surface area (Å²) in [5, 5.41) is 2.71. The van der Waals surface area contributed by atoms with Crippen LogP contribution in [0.15, 0.2) is 0 Å².